The van der Waals surface area contributed by atoms with E-state index < -0.39 is 5.82 Å². The number of hydrogen-bond acceptors (Lipinski definition) is 3. The van der Waals surface area contributed by atoms with Crippen molar-refractivity contribution in [3.8, 4) is 0 Å². The van der Waals surface area contributed by atoms with E-state index in [1.165, 1.54) is 6.07 Å². The maximum Gasteiger partial charge on any atom is 0.240 e. The molecule has 3 N–H and O–H groups in total. The van der Waals surface area contributed by atoms with E-state index >= 15 is 0 Å². The Morgan fingerprint density at radius 3 is 2.90 bits per heavy atom. The molecule has 0 aliphatic carbocycles. The highest BCUT2D eigenvalue weighted by Gasteiger charge is 2.14. The molecule has 1 aromatic carbocycles. The first-order valence-electron chi connectivity index (χ1n) is 6.26. The van der Waals surface area contributed by atoms with E-state index in [-0.39, 0.29) is 18.4 Å². The van der Waals surface area contributed by atoms with Gasteiger partial charge in [-0.3, -0.25) is 4.79 Å². The van der Waals surface area contributed by atoms with Crippen LogP contribution in [0.25, 0.3) is 11.0 Å². The van der Waals surface area contributed by atoms with Gasteiger partial charge in [-0.2, -0.15) is 0 Å². The summed E-state index contributed by atoms with van der Waals surface area (Å²) in [6.07, 6.45) is 0. The van der Waals surface area contributed by atoms with Crippen LogP contribution in [-0.2, 0) is 11.3 Å². The number of nitrogen functional groups attached to an aromatic ring is 1. The third kappa shape index (κ3) is 3.09. The van der Waals surface area contributed by atoms with Crippen molar-refractivity contribution in [1.29, 1.82) is 0 Å². The van der Waals surface area contributed by atoms with Crippen LogP contribution in [0.2, 0.25) is 0 Å². The molecule has 0 saturated heterocycles. The molecule has 0 unspecified atom stereocenters. The van der Waals surface area contributed by atoms with Gasteiger partial charge in [0, 0.05) is 12.6 Å². The second-order valence-electron chi connectivity index (χ2n) is 5.01. The van der Waals surface area contributed by atoms with Crippen LogP contribution in [0.1, 0.15) is 13.8 Å². The van der Waals surface area contributed by atoms with Crippen molar-refractivity contribution in [2.75, 3.05) is 12.3 Å². The van der Waals surface area contributed by atoms with Crippen molar-refractivity contribution in [2.45, 2.75) is 20.4 Å². The summed E-state index contributed by atoms with van der Waals surface area (Å²) in [5, 5.41) is 2.81. The summed E-state index contributed by atoms with van der Waals surface area (Å²) < 4.78 is 15.3. The average Bonchev–Trinajstić information content (AvgIpc) is 2.64. The zero-order chi connectivity index (χ0) is 14.9. The largest absolute Gasteiger partial charge is 0.369 e. The van der Waals surface area contributed by atoms with Gasteiger partial charge in [0.25, 0.3) is 0 Å². The van der Waals surface area contributed by atoms with Crippen molar-refractivity contribution >= 4 is 38.8 Å². The quantitative estimate of drug-likeness (QED) is 0.895. The summed E-state index contributed by atoms with van der Waals surface area (Å²) in [6.45, 7) is 4.69. The highest BCUT2D eigenvalue weighted by molar-refractivity contribution is 9.10. The van der Waals surface area contributed by atoms with Gasteiger partial charge in [-0.1, -0.05) is 13.8 Å². The minimum Gasteiger partial charge on any atom is -0.369 e. The van der Waals surface area contributed by atoms with Crippen LogP contribution in [0.4, 0.5) is 10.3 Å². The second kappa shape index (κ2) is 5.78. The molecule has 5 nitrogen and oxygen atoms in total. The molecule has 2 aromatic rings. The third-order valence-corrected chi connectivity index (χ3v) is 3.44. The normalized spacial score (nSPS) is 11.2. The predicted octanol–water partition coefficient (Wildman–Crippen LogP) is 2.29. The topological polar surface area (TPSA) is 72.9 Å². The number of amides is 1. The maximum atomic E-state index is 13.4. The van der Waals surface area contributed by atoms with Crippen molar-refractivity contribution < 1.29 is 9.18 Å². The number of carbonyl (C=O) groups is 1. The summed E-state index contributed by atoms with van der Waals surface area (Å²) in [5.74, 6) is 0.00724. The Hall–Kier alpha value is -1.63. The molecule has 2 rings (SSSR count). The van der Waals surface area contributed by atoms with E-state index in [1.807, 2.05) is 13.8 Å². The van der Waals surface area contributed by atoms with Crippen LogP contribution in [-0.4, -0.2) is 22.0 Å². The third-order valence-electron chi connectivity index (χ3n) is 2.83. The smallest absolute Gasteiger partial charge is 0.240 e. The van der Waals surface area contributed by atoms with Crippen molar-refractivity contribution in [1.82, 2.24) is 14.9 Å². The van der Waals surface area contributed by atoms with Gasteiger partial charge < -0.3 is 15.6 Å². The number of nitrogens with zero attached hydrogens (tertiary/aromatic N) is 2. The Morgan fingerprint density at radius 2 is 2.25 bits per heavy atom. The van der Waals surface area contributed by atoms with Gasteiger partial charge in [0.05, 0.1) is 15.5 Å². The first-order valence-corrected chi connectivity index (χ1v) is 7.05. The zero-order valence-electron chi connectivity index (χ0n) is 11.3. The van der Waals surface area contributed by atoms with E-state index in [0.29, 0.717) is 28.0 Å². The Balaban J connectivity index is 2.27. The molecular formula is C13H16BrFN4O. The maximum absolute atomic E-state index is 13.4. The van der Waals surface area contributed by atoms with Crippen LogP contribution in [0.3, 0.4) is 0 Å². The summed E-state index contributed by atoms with van der Waals surface area (Å²) in [6, 6.07) is 2.86. The number of nitrogens with two attached hydrogens (primary N) is 1. The molecule has 0 fully saturated rings. The number of nitrogens with one attached hydrogen (secondary N) is 1. The summed E-state index contributed by atoms with van der Waals surface area (Å²) in [4.78, 5) is 15.9. The molecule has 1 heterocycles. The van der Waals surface area contributed by atoms with Gasteiger partial charge >= 0.3 is 0 Å². The zero-order valence-corrected chi connectivity index (χ0v) is 12.9. The Labute approximate surface area is 124 Å². The van der Waals surface area contributed by atoms with E-state index in [1.54, 1.807) is 10.6 Å². The van der Waals surface area contributed by atoms with E-state index in [2.05, 4.69) is 26.2 Å². The van der Waals surface area contributed by atoms with Crippen LogP contribution in [0, 0.1) is 11.7 Å². The Kier molecular flexibility index (Phi) is 4.27. The number of imidazole rings is 1. The van der Waals surface area contributed by atoms with Crippen LogP contribution >= 0.6 is 15.9 Å². The summed E-state index contributed by atoms with van der Waals surface area (Å²) >= 11 is 3.12. The number of aromatic nitrogens is 2. The molecule has 1 aromatic heterocycles. The molecule has 0 saturated carbocycles. The lowest BCUT2D eigenvalue weighted by Crippen LogP contribution is -2.30. The highest BCUT2D eigenvalue weighted by atomic mass is 79.9. The van der Waals surface area contributed by atoms with E-state index in [4.69, 9.17) is 5.73 Å². The van der Waals surface area contributed by atoms with E-state index in [9.17, 15) is 9.18 Å². The van der Waals surface area contributed by atoms with Gasteiger partial charge in [-0.05, 0) is 27.9 Å². The van der Waals surface area contributed by atoms with Crippen molar-refractivity contribution in [2.24, 2.45) is 5.92 Å². The summed E-state index contributed by atoms with van der Waals surface area (Å²) in [7, 11) is 0. The SMILES string of the molecule is CC(C)CNC(=O)Cn1c(N)nc2cc(F)c(Br)cc21. The number of fused-ring (bicyclic) bond motifs is 1. The number of rotatable bonds is 4. The molecule has 0 aliphatic heterocycles. The number of anilines is 1. The molecule has 0 atom stereocenters. The van der Waals surface area contributed by atoms with Crippen LogP contribution < -0.4 is 11.1 Å². The summed E-state index contributed by atoms with van der Waals surface area (Å²) in [5.41, 5.74) is 6.84. The number of carbonyl (C=O) groups excluding carboxylic acids is 1. The number of benzene rings is 1. The lowest BCUT2D eigenvalue weighted by atomic mass is 10.2. The molecule has 0 radical (unpaired) electrons. The monoisotopic (exact) mass is 342 g/mol. The van der Waals surface area contributed by atoms with E-state index in [0.717, 1.165) is 0 Å². The fourth-order valence-electron chi connectivity index (χ4n) is 1.82. The van der Waals surface area contributed by atoms with Gasteiger partial charge in [-0.15, -0.1) is 0 Å². The fraction of sp³-hybridized carbons (Fsp3) is 0.385. The molecule has 1 amide bonds. The minimum absolute atomic E-state index is 0.0626. The van der Waals surface area contributed by atoms with Crippen LogP contribution in [0.15, 0.2) is 16.6 Å². The molecule has 0 bridgehead atoms. The number of hydrogen-bond donors (Lipinski definition) is 2. The Bertz CT molecular complexity index is 653. The molecule has 7 heteroatoms. The van der Waals surface area contributed by atoms with Crippen molar-refractivity contribution in [3.63, 3.8) is 0 Å². The second-order valence-corrected chi connectivity index (χ2v) is 5.86. The van der Waals surface area contributed by atoms with Gasteiger partial charge in [-0.25, -0.2) is 9.37 Å². The van der Waals surface area contributed by atoms with Gasteiger partial charge in [0.15, 0.2) is 0 Å². The highest BCUT2D eigenvalue weighted by Crippen LogP contribution is 2.24. The first kappa shape index (κ1) is 14.8. The molecular weight excluding hydrogens is 327 g/mol. The fourth-order valence-corrected chi connectivity index (χ4v) is 2.15. The Morgan fingerprint density at radius 1 is 1.55 bits per heavy atom. The average molecular weight is 343 g/mol. The lowest BCUT2D eigenvalue weighted by Gasteiger charge is -2.09. The molecule has 0 spiro atoms. The molecule has 0 aliphatic rings. The van der Waals surface area contributed by atoms with Crippen LogP contribution in [0.5, 0.6) is 0 Å². The molecule has 20 heavy (non-hydrogen) atoms. The standard InChI is InChI=1S/C13H16BrFN4O/c1-7(2)5-17-12(20)6-19-11-3-8(14)9(15)4-10(11)18-13(19)16/h3-4,7H,5-6H2,1-2H3,(H2,16,18)(H,17,20). The first-order chi connectivity index (χ1) is 9.38. The molecule has 108 valence electrons. The van der Waals surface area contributed by atoms with Crippen molar-refractivity contribution in [3.05, 3.63) is 22.4 Å². The predicted molar refractivity (Wildman–Crippen MR) is 79.7 cm³/mol. The number of halogens is 2. The van der Waals surface area contributed by atoms with Gasteiger partial charge in [0.2, 0.25) is 11.9 Å². The van der Waals surface area contributed by atoms with Gasteiger partial charge in [0.1, 0.15) is 12.4 Å². The minimum atomic E-state index is -0.411. The lowest BCUT2D eigenvalue weighted by molar-refractivity contribution is -0.121.